The van der Waals surface area contributed by atoms with E-state index in [0.29, 0.717) is 11.4 Å². The van der Waals surface area contributed by atoms with Gasteiger partial charge in [0.2, 0.25) is 0 Å². The van der Waals surface area contributed by atoms with Gasteiger partial charge in [0.15, 0.2) is 12.4 Å². The van der Waals surface area contributed by atoms with Crippen molar-refractivity contribution in [2.24, 2.45) is 0 Å². The summed E-state index contributed by atoms with van der Waals surface area (Å²) in [5.74, 6) is -1.27. The van der Waals surface area contributed by atoms with Crippen LogP contribution in [0.2, 0.25) is 0 Å². The average Bonchev–Trinajstić information content (AvgIpc) is 3.28. The minimum absolute atomic E-state index is 0.184. The van der Waals surface area contributed by atoms with Crippen molar-refractivity contribution in [3.8, 4) is 0 Å². The van der Waals surface area contributed by atoms with E-state index in [-0.39, 0.29) is 11.3 Å². The van der Waals surface area contributed by atoms with Gasteiger partial charge in [0, 0.05) is 11.4 Å². The summed E-state index contributed by atoms with van der Waals surface area (Å²) in [4.78, 5) is 36.0. The fourth-order valence-corrected chi connectivity index (χ4v) is 2.53. The Labute approximate surface area is 167 Å². The lowest BCUT2D eigenvalue weighted by Crippen LogP contribution is -2.21. The van der Waals surface area contributed by atoms with Crippen LogP contribution in [-0.4, -0.2) is 24.4 Å². The molecular formula is C22H20N2O5. The Kier molecular flexibility index (Phi) is 6.42. The molecule has 2 aromatic carbocycles. The topological polar surface area (TPSA) is 97.6 Å². The Hall–Kier alpha value is -3.87. The number of benzene rings is 2. The van der Waals surface area contributed by atoms with E-state index in [1.807, 2.05) is 19.1 Å². The van der Waals surface area contributed by atoms with E-state index in [1.54, 1.807) is 36.4 Å². The van der Waals surface area contributed by atoms with E-state index in [4.69, 9.17) is 9.15 Å². The number of carbonyl (C=O) groups excluding carboxylic acids is 3. The molecule has 3 rings (SSSR count). The molecule has 0 aliphatic heterocycles. The second-order valence-corrected chi connectivity index (χ2v) is 6.18. The van der Waals surface area contributed by atoms with Gasteiger partial charge >= 0.3 is 5.97 Å². The van der Waals surface area contributed by atoms with Crippen molar-refractivity contribution in [2.45, 2.75) is 13.3 Å². The number of amides is 2. The lowest BCUT2D eigenvalue weighted by molar-refractivity contribution is -0.119. The van der Waals surface area contributed by atoms with Crippen LogP contribution in [0.1, 0.15) is 33.4 Å². The number of ether oxygens (including phenoxy) is 1. The molecule has 3 aromatic rings. The molecule has 7 nitrogen and oxygen atoms in total. The van der Waals surface area contributed by atoms with Gasteiger partial charge in [0.25, 0.3) is 11.8 Å². The molecule has 1 aromatic heterocycles. The summed E-state index contributed by atoms with van der Waals surface area (Å²) in [7, 11) is 0. The predicted molar refractivity (Wildman–Crippen MR) is 108 cm³/mol. The highest BCUT2D eigenvalue weighted by Crippen LogP contribution is 2.13. The summed E-state index contributed by atoms with van der Waals surface area (Å²) in [5.41, 5.74) is 2.57. The van der Waals surface area contributed by atoms with Crippen molar-refractivity contribution in [3.05, 3.63) is 83.8 Å². The zero-order valence-electron chi connectivity index (χ0n) is 15.8. The molecule has 0 unspecified atom stereocenters. The third kappa shape index (κ3) is 5.55. The lowest BCUT2D eigenvalue weighted by atomic mass is 10.1. The molecule has 0 fully saturated rings. The van der Waals surface area contributed by atoms with Crippen molar-refractivity contribution in [1.82, 2.24) is 0 Å². The van der Waals surface area contributed by atoms with E-state index in [0.717, 1.165) is 6.42 Å². The van der Waals surface area contributed by atoms with Gasteiger partial charge in [-0.1, -0.05) is 19.1 Å². The fourth-order valence-electron chi connectivity index (χ4n) is 2.53. The fraction of sp³-hybridized carbons (Fsp3) is 0.136. The van der Waals surface area contributed by atoms with Crippen LogP contribution in [0.4, 0.5) is 11.4 Å². The number of esters is 1. The largest absolute Gasteiger partial charge is 0.459 e. The monoisotopic (exact) mass is 392 g/mol. The van der Waals surface area contributed by atoms with Crippen LogP contribution < -0.4 is 10.6 Å². The molecule has 0 atom stereocenters. The molecule has 0 spiro atoms. The number of aryl methyl sites for hydroxylation is 1. The summed E-state index contributed by atoms with van der Waals surface area (Å²) in [5, 5.41) is 5.32. The first kappa shape index (κ1) is 19.9. The van der Waals surface area contributed by atoms with Crippen molar-refractivity contribution >= 4 is 29.2 Å². The number of nitrogens with one attached hydrogen (secondary N) is 2. The Morgan fingerprint density at radius 1 is 0.897 bits per heavy atom. The summed E-state index contributed by atoms with van der Waals surface area (Å²) in [6, 6.07) is 16.7. The number of carbonyl (C=O) groups is 3. The zero-order valence-corrected chi connectivity index (χ0v) is 15.8. The Balaban J connectivity index is 1.48. The van der Waals surface area contributed by atoms with E-state index in [1.165, 1.54) is 24.0 Å². The van der Waals surface area contributed by atoms with E-state index in [9.17, 15) is 14.4 Å². The van der Waals surface area contributed by atoms with Crippen LogP contribution >= 0.6 is 0 Å². The first-order chi connectivity index (χ1) is 14.0. The number of hydrogen-bond donors (Lipinski definition) is 2. The van der Waals surface area contributed by atoms with Gasteiger partial charge in [0.05, 0.1) is 11.8 Å². The molecule has 0 radical (unpaired) electrons. The summed E-state index contributed by atoms with van der Waals surface area (Å²) in [6.45, 7) is 1.65. The SMILES string of the molecule is CCc1ccc(NC(=O)COC(=O)c2ccc(NC(=O)c3ccco3)cc2)cc1. The van der Waals surface area contributed by atoms with Gasteiger partial charge in [-0.15, -0.1) is 0 Å². The second kappa shape index (κ2) is 9.36. The number of rotatable bonds is 7. The molecule has 0 aliphatic carbocycles. The third-order valence-corrected chi connectivity index (χ3v) is 4.10. The quantitative estimate of drug-likeness (QED) is 0.595. The third-order valence-electron chi connectivity index (χ3n) is 4.10. The summed E-state index contributed by atoms with van der Waals surface area (Å²) >= 11 is 0. The smallest absolute Gasteiger partial charge is 0.338 e. The first-order valence-corrected chi connectivity index (χ1v) is 9.06. The lowest BCUT2D eigenvalue weighted by Gasteiger charge is -2.08. The highest BCUT2D eigenvalue weighted by Gasteiger charge is 2.12. The van der Waals surface area contributed by atoms with E-state index >= 15 is 0 Å². The second-order valence-electron chi connectivity index (χ2n) is 6.18. The molecule has 148 valence electrons. The molecule has 0 saturated carbocycles. The summed E-state index contributed by atoms with van der Waals surface area (Å²) < 4.78 is 10.0. The van der Waals surface area contributed by atoms with Gasteiger partial charge in [-0.25, -0.2) is 4.79 Å². The molecule has 29 heavy (non-hydrogen) atoms. The molecular weight excluding hydrogens is 372 g/mol. The highest BCUT2D eigenvalue weighted by atomic mass is 16.5. The number of hydrogen-bond acceptors (Lipinski definition) is 5. The molecule has 2 amide bonds. The van der Waals surface area contributed by atoms with Crippen LogP contribution in [-0.2, 0) is 16.0 Å². The van der Waals surface area contributed by atoms with Gasteiger partial charge in [0.1, 0.15) is 0 Å². The van der Waals surface area contributed by atoms with Crippen LogP contribution in [0, 0.1) is 0 Å². The molecule has 2 N–H and O–H groups in total. The Bertz CT molecular complexity index is 977. The van der Waals surface area contributed by atoms with Gasteiger partial charge in [-0.2, -0.15) is 0 Å². The zero-order chi connectivity index (χ0) is 20.6. The average molecular weight is 392 g/mol. The molecule has 0 saturated heterocycles. The minimum Gasteiger partial charge on any atom is -0.459 e. The van der Waals surface area contributed by atoms with E-state index < -0.39 is 24.4 Å². The minimum atomic E-state index is -0.634. The Morgan fingerprint density at radius 2 is 1.55 bits per heavy atom. The standard InChI is InChI=1S/C22H20N2O5/c1-2-15-5-9-17(10-6-15)23-20(25)14-29-22(27)16-7-11-18(12-8-16)24-21(26)19-4-3-13-28-19/h3-13H,2,14H2,1H3,(H,23,25)(H,24,26). The predicted octanol–water partition coefficient (Wildman–Crippen LogP) is 3.89. The molecule has 7 heteroatoms. The van der Waals surface area contributed by atoms with Crippen LogP contribution in [0.3, 0.4) is 0 Å². The van der Waals surface area contributed by atoms with Crippen molar-refractivity contribution in [1.29, 1.82) is 0 Å². The van der Waals surface area contributed by atoms with Gasteiger partial charge in [-0.05, 0) is 60.5 Å². The Morgan fingerprint density at radius 3 is 2.17 bits per heavy atom. The molecule has 0 bridgehead atoms. The molecule has 1 heterocycles. The van der Waals surface area contributed by atoms with E-state index in [2.05, 4.69) is 10.6 Å². The van der Waals surface area contributed by atoms with Crippen molar-refractivity contribution in [3.63, 3.8) is 0 Å². The molecule has 0 aliphatic rings. The number of anilines is 2. The maximum absolute atomic E-state index is 12.1. The summed E-state index contributed by atoms with van der Waals surface area (Å²) in [6.07, 6.45) is 2.32. The van der Waals surface area contributed by atoms with Crippen molar-refractivity contribution in [2.75, 3.05) is 17.2 Å². The maximum Gasteiger partial charge on any atom is 0.338 e. The van der Waals surface area contributed by atoms with Crippen LogP contribution in [0.5, 0.6) is 0 Å². The normalized spacial score (nSPS) is 10.2. The van der Waals surface area contributed by atoms with Gasteiger partial charge in [-0.3, -0.25) is 9.59 Å². The highest BCUT2D eigenvalue weighted by molar-refractivity contribution is 6.02. The van der Waals surface area contributed by atoms with Gasteiger partial charge < -0.3 is 19.8 Å². The first-order valence-electron chi connectivity index (χ1n) is 9.06. The maximum atomic E-state index is 12.1. The van der Waals surface area contributed by atoms with Crippen LogP contribution in [0.25, 0.3) is 0 Å². The van der Waals surface area contributed by atoms with Crippen LogP contribution in [0.15, 0.2) is 71.3 Å². The number of furan rings is 1. The van der Waals surface area contributed by atoms with Crippen molar-refractivity contribution < 1.29 is 23.5 Å².